The van der Waals surface area contributed by atoms with E-state index in [1.807, 2.05) is 39.8 Å². The van der Waals surface area contributed by atoms with Gasteiger partial charge in [-0.25, -0.2) is 14.2 Å². The molecule has 0 spiro atoms. The van der Waals surface area contributed by atoms with Crippen LogP contribution in [0.3, 0.4) is 0 Å². The molecule has 41 heavy (non-hydrogen) atoms. The highest BCUT2D eigenvalue weighted by Gasteiger charge is 2.35. The van der Waals surface area contributed by atoms with E-state index >= 15 is 0 Å². The number of anilines is 1. The summed E-state index contributed by atoms with van der Waals surface area (Å²) in [6.07, 6.45) is 4.67. The molecule has 1 saturated heterocycles. The summed E-state index contributed by atoms with van der Waals surface area (Å²) in [4.78, 5) is 32.2. The number of rotatable bonds is 9. The van der Waals surface area contributed by atoms with E-state index in [9.17, 15) is 19.1 Å². The Balaban J connectivity index is 1.40. The lowest BCUT2D eigenvalue weighted by atomic mass is 9.89. The number of carbonyl (C=O) groups excluding carboxylic acids is 1. The minimum Gasteiger partial charge on any atom is -0.494 e. The molecule has 10 nitrogen and oxygen atoms in total. The molecule has 1 saturated carbocycles. The van der Waals surface area contributed by atoms with Crippen LogP contribution in [0.15, 0.2) is 54.9 Å². The number of hydrogen-bond donors (Lipinski definition) is 4. The lowest BCUT2D eigenvalue weighted by Crippen LogP contribution is -2.54. The average Bonchev–Trinajstić information content (AvgIpc) is 3.43. The second kappa shape index (κ2) is 13.0. The van der Waals surface area contributed by atoms with Crippen molar-refractivity contribution >= 4 is 17.7 Å². The molecule has 1 aliphatic heterocycles. The Morgan fingerprint density at radius 1 is 1.15 bits per heavy atom. The van der Waals surface area contributed by atoms with Crippen molar-refractivity contribution in [2.24, 2.45) is 0 Å². The summed E-state index contributed by atoms with van der Waals surface area (Å²) in [6.45, 7) is 2.26. The normalized spacial score (nSPS) is 20.8. The minimum absolute atomic E-state index is 0.123. The van der Waals surface area contributed by atoms with Crippen molar-refractivity contribution in [3.63, 3.8) is 0 Å². The van der Waals surface area contributed by atoms with Crippen molar-refractivity contribution in [2.45, 2.75) is 50.2 Å². The molecule has 2 amide bonds. The molecule has 0 unspecified atom stereocenters. The number of imidazole rings is 1. The first kappa shape index (κ1) is 28.4. The van der Waals surface area contributed by atoms with E-state index in [2.05, 4.69) is 20.9 Å². The van der Waals surface area contributed by atoms with Crippen LogP contribution in [-0.2, 0) is 0 Å². The average molecular weight is 565 g/mol. The zero-order valence-corrected chi connectivity index (χ0v) is 23.2. The monoisotopic (exact) mass is 564 g/mol. The molecule has 2 aliphatic rings. The number of ether oxygens (including phenoxy) is 1. The summed E-state index contributed by atoms with van der Waals surface area (Å²) in [7, 11) is 1.43. The summed E-state index contributed by atoms with van der Waals surface area (Å²) in [5, 5.41) is 18.7. The van der Waals surface area contributed by atoms with E-state index in [4.69, 9.17) is 4.74 Å². The van der Waals surface area contributed by atoms with Crippen molar-refractivity contribution in [3.8, 4) is 17.0 Å². The molecular formula is C30H37FN6O4. The summed E-state index contributed by atoms with van der Waals surface area (Å²) in [6, 6.07) is 14.1. The largest absolute Gasteiger partial charge is 0.494 e. The molecule has 0 bridgehead atoms. The van der Waals surface area contributed by atoms with Gasteiger partial charge in [0.15, 0.2) is 17.3 Å². The molecule has 218 valence electrons. The van der Waals surface area contributed by atoms with Gasteiger partial charge >= 0.3 is 6.09 Å². The number of nitrogens with zero attached hydrogens (tertiary/aromatic N) is 3. The van der Waals surface area contributed by atoms with Crippen LogP contribution in [-0.4, -0.2) is 76.9 Å². The summed E-state index contributed by atoms with van der Waals surface area (Å²) in [5.74, 6) is -0.435. The highest BCUT2D eigenvalue weighted by atomic mass is 19.1. The number of benzene rings is 2. The highest BCUT2D eigenvalue weighted by Crippen LogP contribution is 2.35. The Bertz CT molecular complexity index is 1350. The maximum atomic E-state index is 14.6. The molecule has 1 aliphatic carbocycles. The third kappa shape index (κ3) is 6.30. The molecule has 4 N–H and O–H groups in total. The van der Waals surface area contributed by atoms with E-state index < -0.39 is 11.9 Å². The summed E-state index contributed by atoms with van der Waals surface area (Å²) >= 11 is 0. The SMILES string of the molecule is COc1cccc(NCC[C@@H]2CNCCN2C(=O)c2ncn([C@@H]3CCCC[C@H]3NC(=O)O)c2-c2ccccc2)c1F. The van der Waals surface area contributed by atoms with Gasteiger partial charge in [0.05, 0.1) is 36.9 Å². The van der Waals surface area contributed by atoms with Crippen molar-refractivity contribution < 1.29 is 23.8 Å². The second-order valence-electron chi connectivity index (χ2n) is 10.5. The van der Waals surface area contributed by atoms with Gasteiger partial charge in [0, 0.05) is 37.8 Å². The smallest absolute Gasteiger partial charge is 0.404 e. The molecule has 2 aromatic carbocycles. The maximum Gasteiger partial charge on any atom is 0.404 e. The van der Waals surface area contributed by atoms with Gasteiger partial charge in [-0.2, -0.15) is 0 Å². The van der Waals surface area contributed by atoms with Gasteiger partial charge < -0.3 is 35.3 Å². The molecule has 2 fully saturated rings. The highest BCUT2D eigenvalue weighted by molar-refractivity contribution is 5.98. The lowest BCUT2D eigenvalue weighted by molar-refractivity contribution is 0.0624. The van der Waals surface area contributed by atoms with Crippen LogP contribution in [0.2, 0.25) is 0 Å². The Morgan fingerprint density at radius 2 is 1.95 bits per heavy atom. The standard InChI is InChI=1S/C30H37FN6O4/c1-41-25-13-7-11-23(26(25)31)33-15-14-21-18-32-16-17-36(21)29(38)27-28(20-8-3-2-4-9-20)37(19-34-27)24-12-6-5-10-22(24)35-30(39)40/h2-4,7-9,11,13,19,21-22,24,32-33,35H,5-6,10,12,14-18H2,1H3,(H,39,40)/t21-,22-,24-/m1/s1. The van der Waals surface area contributed by atoms with Gasteiger partial charge in [0.2, 0.25) is 0 Å². The molecule has 5 rings (SSSR count). The number of nitrogens with one attached hydrogen (secondary N) is 3. The Morgan fingerprint density at radius 3 is 2.73 bits per heavy atom. The Labute approximate surface area is 238 Å². The van der Waals surface area contributed by atoms with Gasteiger partial charge in [-0.3, -0.25) is 4.79 Å². The number of aromatic nitrogens is 2. The fourth-order valence-corrected chi connectivity index (χ4v) is 6.02. The Kier molecular flexibility index (Phi) is 9.03. The van der Waals surface area contributed by atoms with E-state index in [1.54, 1.807) is 24.5 Å². The van der Waals surface area contributed by atoms with Gasteiger partial charge in [-0.15, -0.1) is 0 Å². The second-order valence-corrected chi connectivity index (χ2v) is 10.5. The third-order valence-electron chi connectivity index (χ3n) is 8.03. The van der Waals surface area contributed by atoms with Crippen LogP contribution in [0.1, 0.15) is 48.6 Å². The van der Waals surface area contributed by atoms with Crippen LogP contribution in [0.5, 0.6) is 5.75 Å². The van der Waals surface area contributed by atoms with Crippen LogP contribution >= 0.6 is 0 Å². The minimum atomic E-state index is -1.05. The number of carboxylic acid groups (broad SMARTS) is 1. The van der Waals surface area contributed by atoms with Crippen LogP contribution < -0.4 is 20.7 Å². The quantitative estimate of drug-likeness (QED) is 0.305. The molecular weight excluding hydrogens is 527 g/mol. The Hall–Kier alpha value is -4.12. The third-order valence-corrected chi connectivity index (χ3v) is 8.03. The topological polar surface area (TPSA) is 121 Å². The molecule has 1 aromatic heterocycles. The number of carbonyl (C=O) groups is 2. The number of piperazine rings is 1. The van der Waals surface area contributed by atoms with Crippen LogP contribution in [0.25, 0.3) is 11.3 Å². The number of amides is 2. The predicted octanol–water partition coefficient (Wildman–Crippen LogP) is 4.37. The van der Waals surface area contributed by atoms with Gasteiger partial charge in [0.25, 0.3) is 5.91 Å². The number of hydrogen-bond acceptors (Lipinski definition) is 6. The van der Waals surface area contributed by atoms with E-state index in [1.165, 1.54) is 7.11 Å². The molecule has 2 heterocycles. The molecule has 0 radical (unpaired) electrons. The van der Waals surface area contributed by atoms with Crippen LogP contribution in [0.4, 0.5) is 14.9 Å². The van der Waals surface area contributed by atoms with Crippen molar-refractivity contribution in [2.75, 3.05) is 38.6 Å². The zero-order valence-electron chi connectivity index (χ0n) is 23.2. The van der Waals surface area contributed by atoms with Crippen molar-refractivity contribution in [1.82, 2.24) is 25.1 Å². The van der Waals surface area contributed by atoms with Crippen molar-refractivity contribution in [1.29, 1.82) is 0 Å². The zero-order chi connectivity index (χ0) is 28.8. The molecule has 3 atom stereocenters. The lowest BCUT2D eigenvalue weighted by Gasteiger charge is -2.36. The first-order valence-corrected chi connectivity index (χ1v) is 14.2. The predicted molar refractivity (Wildman–Crippen MR) is 154 cm³/mol. The van der Waals surface area contributed by atoms with Gasteiger partial charge in [-0.1, -0.05) is 49.2 Å². The van der Waals surface area contributed by atoms with Crippen LogP contribution in [0, 0.1) is 5.82 Å². The maximum absolute atomic E-state index is 14.6. The van der Waals surface area contributed by atoms with Crippen molar-refractivity contribution in [3.05, 3.63) is 66.4 Å². The van der Waals surface area contributed by atoms with E-state index in [0.717, 1.165) is 31.2 Å². The molecule has 11 heteroatoms. The van der Waals surface area contributed by atoms with Gasteiger partial charge in [-0.05, 0) is 31.4 Å². The van der Waals surface area contributed by atoms with Gasteiger partial charge in [0.1, 0.15) is 0 Å². The summed E-state index contributed by atoms with van der Waals surface area (Å²) < 4.78 is 21.7. The van der Waals surface area contributed by atoms with E-state index in [0.29, 0.717) is 49.7 Å². The first-order valence-electron chi connectivity index (χ1n) is 14.2. The number of methoxy groups -OCH3 is 1. The fourth-order valence-electron chi connectivity index (χ4n) is 6.02. The molecule has 3 aromatic rings. The number of halogens is 1. The first-order chi connectivity index (χ1) is 20.0. The van der Waals surface area contributed by atoms with E-state index in [-0.39, 0.29) is 29.8 Å². The fraction of sp³-hybridized carbons (Fsp3) is 0.433. The summed E-state index contributed by atoms with van der Waals surface area (Å²) in [5.41, 5.74) is 2.27.